The van der Waals surface area contributed by atoms with Gasteiger partial charge in [0.05, 0.1) is 34.6 Å². The van der Waals surface area contributed by atoms with Gasteiger partial charge in [-0.3, -0.25) is 9.20 Å². The number of carbonyl (C=O) groups excluding carboxylic acids is 2. The van der Waals surface area contributed by atoms with E-state index in [1.165, 1.54) is 22.6 Å². The Morgan fingerprint density at radius 1 is 1.33 bits per heavy atom. The van der Waals surface area contributed by atoms with Crippen molar-refractivity contribution in [2.24, 2.45) is 11.8 Å². The van der Waals surface area contributed by atoms with E-state index >= 15 is 0 Å². The molecule has 4 heterocycles. The minimum absolute atomic E-state index is 0. The van der Waals surface area contributed by atoms with Crippen LogP contribution < -0.4 is 45.1 Å². The number of nitrogen functional groups attached to an aromatic ring is 1. The van der Waals surface area contributed by atoms with Crippen LogP contribution in [-0.2, 0) is 26.2 Å². The van der Waals surface area contributed by atoms with E-state index in [-0.39, 0.29) is 46.8 Å². The van der Waals surface area contributed by atoms with Crippen molar-refractivity contribution in [2.75, 3.05) is 5.73 Å². The molecule has 0 aliphatic carbocycles. The van der Waals surface area contributed by atoms with Gasteiger partial charge in [0, 0.05) is 29.9 Å². The molecule has 184 valence electrons. The Morgan fingerprint density at radius 2 is 2.00 bits per heavy atom. The van der Waals surface area contributed by atoms with Crippen molar-refractivity contribution in [1.29, 1.82) is 0 Å². The van der Waals surface area contributed by atoms with Crippen LogP contribution in [0.4, 0.5) is 5.69 Å². The SMILES string of the molecule is C[C@@H](O)[C@H]1C(=O)N2C(C(=O)[O-])=C(c3cn4cnc(S(=O)(=O)NCc5ccc(N)cc5)c4s3)[C@H](C)[C@H]12.[Na+]. The molecule has 0 spiro atoms. The molecule has 1 saturated heterocycles. The predicted octanol–water partition coefficient (Wildman–Crippen LogP) is -3.22. The molecular weight excluding hydrogens is 517 g/mol. The van der Waals surface area contributed by atoms with Gasteiger partial charge >= 0.3 is 29.6 Å². The van der Waals surface area contributed by atoms with Gasteiger partial charge in [0.1, 0.15) is 11.2 Å². The standard InChI is InChI=1S/C22H23N5O6S2.Na/c1-10-15(18(22(30)31)27-17(10)16(11(2)28)20(27)29)14-8-26-9-24-19(21(26)34-14)35(32,33)25-7-12-3-5-13(23)6-4-12;/h3-6,8-11,16-17,25,28H,7,23H2,1-2H3,(H,30,31);/q;+1/p-1/t10-,11+,16+,17+;/m0./s1. The van der Waals surface area contributed by atoms with E-state index in [0.29, 0.717) is 21.0 Å². The van der Waals surface area contributed by atoms with Crippen molar-refractivity contribution >= 4 is 49.3 Å². The molecule has 11 nitrogen and oxygen atoms in total. The van der Waals surface area contributed by atoms with E-state index in [9.17, 15) is 28.2 Å². The van der Waals surface area contributed by atoms with Gasteiger partial charge in [-0.05, 0) is 24.6 Å². The normalized spacial score (nSPS) is 22.4. The Kier molecular flexibility index (Phi) is 7.11. The minimum Gasteiger partial charge on any atom is -0.543 e. The molecule has 36 heavy (non-hydrogen) atoms. The van der Waals surface area contributed by atoms with Crippen molar-refractivity contribution in [3.63, 3.8) is 0 Å². The molecule has 5 rings (SSSR count). The number of thiazole rings is 1. The molecule has 0 radical (unpaired) electrons. The van der Waals surface area contributed by atoms with Crippen molar-refractivity contribution in [3.8, 4) is 0 Å². The summed E-state index contributed by atoms with van der Waals surface area (Å²) in [6.07, 6.45) is 2.00. The van der Waals surface area contributed by atoms with Gasteiger partial charge in [0.15, 0.2) is 0 Å². The number of rotatable bonds is 7. The maximum absolute atomic E-state index is 13.0. The average molecular weight is 540 g/mol. The monoisotopic (exact) mass is 539 g/mol. The number of hydrogen-bond donors (Lipinski definition) is 3. The summed E-state index contributed by atoms with van der Waals surface area (Å²) in [6.45, 7) is 3.32. The number of imidazole rings is 1. The number of nitrogens with one attached hydrogen (secondary N) is 1. The molecule has 2 aliphatic heterocycles. The van der Waals surface area contributed by atoms with Crippen LogP contribution in [0.2, 0.25) is 0 Å². The molecule has 4 atom stereocenters. The summed E-state index contributed by atoms with van der Waals surface area (Å²) in [5.74, 6) is -3.08. The summed E-state index contributed by atoms with van der Waals surface area (Å²) in [6, 6.07) is 6.27. The second kappa shape index (κ2) is 9.56. The number of sulfonamides is 1. The Hall–Kier alpha value is -2.26. The number of carbonyl (C=O) groups is 2. The van der Waals surface area contributed by atoms with Crippen molar-refractivity contribution in [2.45, 2.75) is 37.6 Å². The molecule has 4 N–H and O–H groups in total. The van der Waals surface area contributed by atoms with Crippen LogP contribution in [0.25, 0.3) is 10.4 Å². The number of benzene rings is 1. The number of β-lactam (4-membered cyclic amide) rings is 1. The van der Waals surface area contributed by atoms with Gasteiger partial charge in [-0.2, -0.15) is 0 Å². The van der Waals surface area contributed by atoms with Crippen LogP contribution in [0.3, 0.4) is 0 Å². The van der Waals surface area contributed by atoms with Crippen LogP contribution in [0.15, 0.2) is 47.5 Å². The van der Waals surface area contributed by atoms with Crippen LogP contribution in [-0.4, -0.2) is 51.8 Å². The van der Waals surface area contributed by atoms with E-state index < -0.39 is 45.9 Å². The number of aliphatic carboxylic acids is 1. The molecule has 14 heteroatoms. The number of amides is 1. The number of aliphatic hydroxyl groups excluding tert-OH is 1. The van der Waals surface area contributed by atoms with Gasteiger partial charge in [0.25, 0.3) is 10.0 Å². The van der Waals surface area contributed by atoms with Crippen LogP contribution in [0.5, 0.6) is 0 Å². The zero-order valence-electron chi connectivity index (χ0n) is 19.7. The van der Waals surface area contributed by atoms with Crippen LogP contribution >= 0.6 is 11.3 Å². The molecule has 1 fully saturated rings. The third-order valence-corrected chi connectivity index (χ3v) is 9.12. The Balaban J connectivity index is 0.00000304. The maximum atomic E-state index is 13.0. The van der Waals surface area contributed by atoms with Gasteiger partial charge in [-0.15, -0.1) is 11.3 Å². The van der Waals surface area contributed by atoms with Gasteiger partial charge in [0.2, 0.25) is 10.9 Å². The van der Waals surface area contributed by atoms with E-state index in [4.69, 9.17) is 5.73 Å². The van der Waals surface area contributed by atoms with Crippen molar-refractivity contribution in [3.05, 3.63) is 52.9 Å². The number of hydrogen-bond acceptors (Lipinski definition) is 9. The Labute approximate surface area is 233 Å². The molecule has 1 amide bonds. The first-order valence-corrected chi connectivity index (χ1v) is 13.1. The first-order valence-electron chi connectivity index (χ1n) is 10.8. The predicted molar refractivity (Wildman–Crippen MR) is 125 cm³/mol. The minimum atomic E-state index is -3.99. The number of fused-ring (bicyclic) bond motifs is 2. The first kappa shape index (κ1) is 26.8. The summed E-state index contributed by atoms with van der Waals surface area (Å²) in [7, 11) is -3.99. The quantitative estimate of drug-likeness (QED) is 0.160. The van der Waals surface area contributed by atoms with Crippen molar-refractivity contribution in [1.82, 2.24) is 19.0 Å². The fourth-order valence-electron chi connectivity index (χ4n) is 4.85. The molecular formula is C22H22N5NaO6S2. The summed E-state index contributed by atoms with van der Waals surface area (Å²) in [5.41, 5.74) is 7.08. The second-order valence-electron chi connectivity index (χ2n) is 8.73. The molecule has 0 bridgehead atoms. The smallest absolute Gasteiger partial charge is 0.543 e. The topological polar surface area (TPSA) is 170 Å². The second-order valence-corrected chi connectivity index (χ2v) is 11.4. The summed E-state index contributed by atoms with van der Waals surface area (Å²) in [5, 5.41) is 21.8. The molecule has 2 aliphatic rings. The Bertz CT molecular complexity index is 1490. The zero-order chi connectivity index (χ0) is 25.2. The number of nitrogens with two attached hydrogens (primary N) is 1. The maximum Gasteiger partial charge on any atom is 1.00 e. The van der Waals surface area contributed by atoms with E-state index in [0.717, 1.165) is 16.9 Å². The van der Waals surface area contributed by atoms with E-state index in [1.807, 2.05) is 0 Å². The number of carboxylic acid groups (broad SMARTS) is 1. The number of anilines is 1. The average Bonchev–Trinajstić information content (AvgIpc) is 3.43. The van der Waals surface area contributed by atoms with E-state index in [2.05, 4.69) is 9.71 Å². The number of carboxylic acids is 1. The first-order chi connectivity index (χ1) is 16.5. The number of aliphatic hydroxyl groups is 1. The summed E-state index contributed by atoms with van der Waals surface area (Å²) < 4.78 is 30.0. The largest absolute Gasteiger partial charge is 1.00 e. The molecule has 1 aromatic carbocycles. The number of nitrogens with zero attached hydrogens (tertiary/aromatic N) is 3. The summed E-state index contributed by atoms with van der Waals surface area (Å²) >= 11 is 1.06. The van der Waals surface area contributed by atoms with Crippen LogP contribution in [0.1, 0.15) is 24.3 Å². The third kappa shape index (κ3) is 4.18. The Morgan fingerprint density at radius 3 is 2.61 bits per heavy atom. The van der Waals surface area contributed by atoms with Gasteiger partial charge in [-0.1, -0.05) is 19.1 Å². The van der Waals surface area contributed by atoms with Crippen LogP contribution in [0, 0.1) is 11.8 Å². The number of aromatic nitrogens is 2. The van der Waals surface area contributed by atoms with Gasteiger partial charge < -0.3 is 25.6 Å². The summed E-state index contributed by atoms with van der Waals surface area (Å²) in [4.78, 5) is 30.6. The fraction of sp³-hybridized carbons (Fsp3) is 0.318. The van der Waals surface area contributed by atoms with Crippen molar-refractivity contribution < 1.29 is 57.8 Å². The zero-order valence-corrected chi connectivity index (χ0v) is 23.3. The molecule has 3 aromatic rings. The molecule has 0 unspecified atom stereocenters. The third-order valence-electron chi connectivity index (χ3n) is 6.51. The molecule has 2 aromatic heterocycles. The molecule has 0 saturated carbocycles. The fourth-order valence-corrected chi connectivity index (χ4v) is 7.43. The van der Waals surface area contributed by atoms with E-state index in [1.54, 1.807) is 37.4 Å². The van der Waals surface area contributed by atoms with Gasteiger partial charge in [-0.25, -0.2) is 18.1 Å².